The fourth-order valence-electron chi connectivity index (χ4n) is 4.13. The highest BCUT2D eigenvalue weighted by atomic mass is 32.2. The fourth-order valence-corrected chi connectivity index (χ4v) is 4.50. The van der Waals surface area contributed by atoms with E-state index in [0.29, 0.717) is 47.9 Å². The third kappa shape index (κ3) is 7.50. The van der Waals surface area contributed by atoms with E-state index in [9.17, 15) is 8.42 Å². The van der Waals surface area contributed by atoms with Crippen molar-refractivity contribution in [3.05, 3.63) is 53.5 Å². The summed E-state index contributed by atoms with van der Waals surface area (Å²) < 4.78 is 43.9. The second-order valence-electron chi connectivity index (χ2n) is 8.81. The van der Waals surface area contributed by atoms with Gasteiger partial charge in [0.05, 0.1) is 12.9 Å². The van der Waals surface area contributed by atoms with Crippen molar-refractivity contribution in [2.45, 2.75) is 45.4 Å². The third-order valence-electron chi connectivity index (χ3n) is 5.92. The Morgan fingerprint density at radius 3 is 2.69 bits per heavy atom. The first-order valence-electron chi connectivity index (χ1n) is 11.8. The zero-order valence-electron chi connectivity index (χ0n) is 20.1. The van der Waals surface area contributed by atoms with Crippen LogP contribution < -0.4 is 9.47 Å². The summed E-state index contributed by atoms with van der Waals surface area (Å²) in [6.07, 6.45) is 9.02. The van der Waals surface area contributed by atoms with Gasteiger partial charge >= 0.3 is 0 Å². The number of aromatic nitrogens is 3. The van der Waals surface area contributed by atoms with Gasteiger partial charge < -0.3 is 14.0 Å². The van der Waals surface area contributed by atoms with Crippen LogP contribution in [0, 0.1) is 12.8 Å². The van der Waals surface area contributed by atoms with Gasteiger partial charge in [-0.1, -0.05) is 30.1 Å². The van der Waals surface area contributed by atoms with Gasteiger partial charge in [-0.3, -0.25) is 4.18 Å². The first-order chi connectivity index (χ1) is 16.9. The molecule has 0 amide bonds. The van der Waals surface area contributed by atoms with Gasteiger partial charge in [-0.2, -0.15) is 13.4 Å². The Kier molecular flexibility index (Phi) is 8.35. The smallest absolute Gasteiger partial charge is 0.264 e. The van der Waals surface area contributed by atoms with Crippen molar-refractivity contribution in [3.63, 3.8) is 0 Å². The average Bonchev–Trinajstić information content (AvgIpc) is 3.52. The summed E-state index contributed by atoms with van der Waals surface area (Å²) in [6.45, 7) is 2.73. The Morgan fingerprint density at radius 2 is 1.91 bits per heavy atom. The number of rotatable bonds is 12. The molecule has 2 aromatic heterocycles. The maximum atomic E-state index is 11.0. The van der Waals surface area contributed by atoms with Crippen LogP contribution in [0.4, 0.5) is 0 Å². The molecule has 35 heavy (non-hydrogen) atoms. The topological polar surface area (TPSA) is 114 Å². The molecule has 0 aliphatic heterocycles. The lowest BCUT2D eigenvalue weighted by Gasteiger charge is -2.11. The molecule has 0 N–H and O–H groups in total. The standard InChI is InChI=1S/C25H31N3O6S/c1-18-16-19(9-11-22(18)31-14-15-33-35(2,29)30)10-12-23-27-25(34-28-23)21-8-5-13-26-24(21)32-17-20-6-3-4-7-20/h5,8-9,11,13,16,20H,3-4,6-7,10,12,14-15,17H2,1-2H3. The summed E-state index contributed by atoms with van der Waals surface area (Å²) in [6, 6.07) is 9.59. The molecule has 2 heterocycles. The molecular weight excluding hydrogens is 470 g/mol. The van der Waals surface area contributed by atoms with Crippen molar-refractivity contribution in [2.75, 3.05) is 26.1 Å². The second-order valence-corrected chi connectivity index (χ2v) is 10.5. The Balaban J connectivity index is 1.31. The van der Waals surface area contributed by atoms with Crippen molar-refractivity contribution in [1.82, 2.24) is 15.1 Å². The van der Waals surface area contributed by atoms with Crippen molar-refractivity contribution in [2.24, 2.45) is 5.92 Å². The summed E-state index contributed by atoms with van der Waals surface area (Å²) in [4.78, 5) is 8.94. The predicted octanol–water partition coefficient (Wildman–Crippen LogP) is 4.15. The molecular formula is C25H31N3O6S. The first kappa shape index (κ1) is 25.1. The average molecular weight is 502 g/mol. The minimum atomic E-state index is -3.46. The van der Waals surface area contributed by atoms with Crippen LogP contribution in [-0.4, -0.2) is 49.6 Å². The van der Waals surface area contributed by atoms with Crippen LogP contribution in [0.3, 0.4) is 0 Å². The van der Waals surface area contributed by atoms with Gasteiger partial charge in [-0.15, -0.1) is 0 Å². The minimum absolute atomic E-state index is 0.0234. The summed E-state index contributed by atoms with van der Waals surface area (Å²) in [7, 11) is -3.46. The van der Waals surface area contributed by atoms with Gasteiger partial charge in [-0.05, 0) is 61.4 Å². The van der Waals surface area contributed by atoms with Crippen molar-refractivity contribution in [1.29, 1.82) is 0 Å². The number of benzene rings is 1. The molecule has 1 aliphatic carbocycles. The maximum absolute atomic E-state index is 11.0. The molecule has 0 atom stereocenters. The van der Waals surface area contributed by atoms with E-state index in [1.807, 2.05) is 37.3 Å². The van der Waals surface area contributed by atoms with E-state index in [1.165, 1.54) is 25.7 Å². The monoisotopic (exact) mass is 501 g/mol. The van der Waals surface area contributed by atoms with Crippen LogP contribution >= 0.6 is 0 Å². The normalized spacial score (nSPS) is 14.3. The number of hydrogen-bond donors (Lipinski definition) is 0. The number of ether oxygens (including phenoxy) is 2. The molecule has 188 valence electrons. The van der Waals surface area contributed by atoms with Crippen molar-refractivity contribution in [3.8, 4) is 23.1 Å². The molecule has 0 spiro atoms. The van der Waals surface area contributed by atoms with Gasteiger partial charge in [0.15, 0.2) is 5.82 Å². The Morgan fingerprint density at radius 1 is 1.09 bits per heavy atom. The minimum Gasteiger partial charge on any atom is -0.491 e. The molecule has 0 saturated heterocycles. The molecule has 9 nitrogen and oxygen atoms in total. The lowest BCUT2D eigenvalue weighted by atomic mass is 10.1. The molecule has 0 radical (unpaired) electrons. The zero-order chi connectivity index (χ0) is 24.7. The van der Waals surface area contributed by atoms with E-state index in [-0.39, 0.29) is 13.2 Å². The highest BCUT2D eigenvalue weighted by Crippen LogP contribution is 2.30. The van der Waals surface area contributed by atoms with E-state index in [2.05, 4.69) is 15.1 Å². The van der Waals surface area contributed by atoms with E-state index >= 15 is 0 Å². The molecule has 3 aromatic rings. The molecule has 1 fully saturated rings. The first-order valence-corrected chi connectivity index (χ1v) is 13.7. The molecule has 1 aromatic carbocycles. The van der Waals surface area contributed by atoms with E-state index in [1.54, 1.807) is 6.20 Å². The molecule has 1 aliphatic rings. The van der Waals surface area contributed by atoms with Crippen LogP contribution in [0.15, 0.2) is 41.1 Å². The third-order valence-corrected chi connectivity index (χ3v) is 6.51. The highest BCUT2D eigenvalue weighted by molar-refractivity contribution is 7.85. The molecule has 10 heteroatoms. The van der Waals surface area contributed by atoms with Crippen LogP contribution in [0.2, 0.25) is 0 Å². The molecule has 0 bridgehead atoms. The molecule has 4 rings (SSSR count). The van der Waals surface area contributed by atoms with Crippen molar-refractivity contribution >= 4 is 10.1 Å². The largest absolute Gasteiger partial charge is 0.491 e. The number of hydrogen-bond acceptors (Lipinski definition) is 9. The SMILES string of the molecule is Cc1cc(CCc2noc(-c3cccnc3OCC3CCCC3)n2)ccc1OCCOS(C)(=O)=O. The maximum Gasteiger partial charge on any atom is 0.264 e. The number of aryl methyl sites for hydroxylation is 3. The Bertz CT molecular complexity index is 1220. The van der Waals surface area contributed by atoms with Gasteiger partial charge in [0.25, 0.3) is 16.0 Å². The van der Waals surface area contributed by atoms with E-state index in [0.717, 1.165) is 23.8 Å². The van der Waals surface area contributed by atoms with Crippen molar-refractivity contribution < 1.29 is 26.6 Å². The Labute approximate surface area is 205 Å². The fraction of sp³-hybridized carbons (Fsp3) is 0.480. The Hall–Kier alpha value is -2.98. The van der Waals surface area contributed by atoms with Crippen LogP contribution in [-0.2, 0) is 27.1 Å². The van der Waals surface area contributed by atoms with Gasteiger partial charge in [-0.25, -0.2) is 4.98 Å². The summed E-state index contributed by atoms with van der Waals surface area (Å²) in [5.74, 6) is 2.83. The second kappa shape index (κ2) is 11.6. The quantitative estimate of drug-likeness (QED) is 0.267. The van der Waals surface area contributed by atoms with Crippen LogP contribution in [0.5, 0.6) is 11.6 Å². The van der Waals surface area contributed by atoms with Gasteiger partial charge in [0.1, 0.15) is 24.5 Å². The number of pyridine rings is 1. The molecule has 0 unspecified atom stereocenters. The summed E-state index contributed by atoms with van der Waals surface area (Å²) in [5, 5.41) is 4.14. The highest BCUT2D eigenvalue weighted by Gasteiger charge is 2.19. The van der Waals surface area contributed by atoms with E-state index < -0.39 is 10.1 Å². The summed E-state index contributed by atoms with van der Waals surface area (Å²) in [5.41, 5.74) is 2.77. The lowest BCUT2D eigenvalue weighted by molar-refractivity contribution is 0.221. The van der Waals surface area contributed by atoms with Gasteiger partial charge in [0.2, 0.25) is 5.88 Å². The molecule has 1 saturated carbocycles. The number of nitrogens with zero attached hydrogens (tertiary/aromatic N) is 3. The van der Waals surface area contributed by atoms with Crippen LogP contribution in [0.1, 0.15) is 42.6 Å². The van der Waals surface area contributed by atoms with E-state index in [4.69, 9.17) is 18.2 Å². The van der Waals surface area contributed by atoms with Crippen LogP contribution in [0.25, 0.3) is 11.5 Å². The zero-order valence-corrected chi connectivity index (χ0v) is 20.9. The lowest BCUT2D eigenvalue weighted by Crippen LogP contribution is -2.11. The van der Waals surface area contributed by atoms with Gasteiger partial charge in [0, 0.05) is 12.6 Å². The summed E-state index contributed by atoms with van der Waals surface area (Å²) >= 11 is 0. The predicted molar refractivity (Wildman–Crippen MR) is 130 cm³/mol.